The van der Waals surface area contributed by atoms with Gasteiger partial charge in [0.1, 0.15) is 12.4 Å². The Balaban J connectivity index is 1.07. The lowest BCUT2D eigenvalue weighted by Gasteiger charge is -2.39. The van der Waals surface area contributed by atoms with Crippen LogP contribution in [-0.4, -0.2) is 54.8 Å². The number of likely N-dealkylation sites (tertiary alicyclic amines) is 1. The first kappa shape index (κ1) is 19.0. The van der Waals surface area contributed by atoms with Gasteiger partial charge in [-0.3, -0.25) is 9.69 Å². The van der Waals surface area contributed by atoms with Gasteiger partial charge in [-0.05, 0) is 35.6 Å². The number of aliphatic carboxylic acids is 1. The average molecular weight is 380 g/mol. The summed E-state index contributed by atoms with van der Waals surface area (Å²) in [6.07, 6.45) is 1.32. The Morgan fingerprint density at radius 2 is 1.86 bits per heavy atom. The molecule has 5 nitrogen and oxygen atoms in total. The minimum atomic E-state index is -0.812. The predicted octanol–water partition coefficient (Wildman–Crippen LogP) is 2.77. The molecule has 2 N–H and O–H groups in total. The Morgan fingerprint density at radius 1 is 1.11 bits per heavy atom. The molecule has 2 atom stereocenters. The lowest BCUT2D eigenvalue weighted by molar-refractivity contribution is -0.136. The van der Waals surface area contributed by atoms with Crippen LogP contribution in [0.25, 0.3) is 0 Å². The number of carbonyl (C=O) groups is 1. The van der Waals surface area contributed by atoms with Crippen LogP contribution in [0.3, 0.4) is 0 Å². The van der Waals surface area contributed by atoms with Crippen LogP contribution in [0.1, 0.15) is 23.5 Å². The standard InChI is InChI=1S/C23H28N2O3/c26-23(27)12-17-6-8-20(9-7-17)28-11-10-25-15-18(16-25)14-24-22-13-21(22)19-4-2-1-3-5-19/h1-9,18,21-22,24H,10-16H2,(H,26,27)/t21-,22+/m1/s1. The largest absolute Gasteiger partial charge is 0.492 e. The van der Waals surface area contributed by atoms with Crippen molar-refractivity contribution >= 4 is 5.97 Å². The minimum Gasteiger partial charge on any atom is -0.492 e. The fraction of sp³-hybridized carbons (Fsp3) is 0.435. The molecular weight excluding hydrogens is 352 g/mol. The van der Waals surface area contributed by atoms with Gasteiger partial charge in [0, 0.05) is 38.1 Å². The van der Waals surface area contributed by atoms with Crippen molar-refractivity contribution in [2.75, 3.05) is 32.8 Å². The third kappa shape index (κ3) is 5.12. The molecule has 2 aliphatic rings. The molecule has 148 valence electrons. The van der Waals surface area contributed by atoms with Crippen molar-refractivity contribution in [1.29, 1.82) is 0 Å². The Kier molecular flexibility index (Phi) is 5.93. The van der Waals surface area contributed by atoms with Crippen molar-refractivity contribution in [3.8, 4) is 5.75 Å². The maximum atomic E-state index is 10.7. The summed E-state index contributed by atoms with van der Waals surface area (Å²) in [6.45, 7) is 4.98. The monoisotopic (exact) mass is 380 g/mol. The average Bonchev–Trinajstić information content (AvgIpc) is 3.44. The van der Waals surface area contributed by atoms with Crippen molar-refractivity contribution in [3.05, 3.63) is 65.7 Å². The molecule has 2 fully saturated rings. The van der Waals surface area contributed by atoms with E-state index in [9.17, 15) is 4.79 Å². The molecule has 2 aromatic carbocycles. The molecule has 0 aromatic heterocycles. The van der Waals surface area contributed by atoms with E-state index in [4.69, 9.17) is 9.84 Å². The number of ether oxygens (including phenoxy) is 1. The molecule has 5 heteroatoms. The summed E-state index contributed by atoms with van der Waals surface area (Å²) < 4.78 is 5.77. The Morgan fingerprint density at radius 3 is 2.57 bits per heavy atom. The highest BCUT2D eigenvalue weighted by atomic mass is 16.5. The van der Waals surface area contributed by atoms with Gasteiger partial charge in [0.15, 0.2) is 0 Å². The Labute approximate surface area is 166 Å². The van der Waals surface area contributed by atoms with Gasteiger partial charge < -0.3 is 15.2 Å². The van der Waals surface area contributed by atoms with Crippen LogP contribution >= 0.6 is 0 Å². The van der Waals surface area contributed by atoms with Gasteiger partial charge in [-0.15, -0.1) is 0 Å². The zero-order valence-electron chi connectivity index (χ0n) is 16.1. The first-order valence-corrected chi connectivity index (χ1v) is 10.1. The fourth-order valence-corrected chi connectivity index (χ4v) is 3.97. The molecule has 0 amide bonds. The molecular formula is C23H28N2O3. The second-order valence-corrected chi connectivity index (χ2v) is 7.96. The molecule has 1 heterocycles. The highest BCUT2D eigenvalue weighted by Gasteiger charge is 2.38. The quantitative estimate of drug-likeness (QED) is 0.664. The number of benzene rings is 2. The Hall–Kier alpha value is -2.37. The van der Waals surface area contributed by atoms with E-state index in [0.29, 0.717) is 18.6 Å². The van der Waals surface area contributed by atoms with Crippen molar-refractivity contribution in [2.45, 2.75) is 24.8 Å². The second kappa shape index (κ2) is 8.76. The lowest BCUT2D eigenvalue weighted by atomic mass is 10.0. The van der Waals surface area contributed by atoms with E-state index in [0.717, 1.165) is 43.4 Å². The lowest BCUT2D eigenvalue weighted by Crippen LogP contribution is -2.52. The number of carboxylic acid groups (broad SMARTS) is 1. The number of nitrogens with zero attached hydrogens (tertiary/aromatic N) is 1. The molecule has 4 rings (SSSR count). The van der Waals surface area contributed by atoms with Crippen LogP contribution in [0.2, 0.25) is 0 Å². The van der Waals surface area contributed by atoms with Crippen LogP contribution in [0.5, 0.6) is 5.75 Å². The number of hydrogen-bond acceptors (Lipinski definition) is 4. The van der Waals surface area contributed by atoms with Crippen LogP contribution in [-0.2, 0) is 11.2 Å². The highest BCUT2D eigenvalue weighted by Crippen LogP contribution is 2.40. The number of rotatable bonds is 10. The Bertz CT molecular complexity index is 772. The van der Waals surface area contributed by atoms with E-state index >= 15 is 0 Å². The van der Waals surface area contributed by atoms with E-state index in [1.165, 1.54) is 12.0 Å². The van der Waals surface area contributed by atoms with E-state index in [-0.39, 0.29) is 6.42 Å². The van der Waals surface area contributed by atoms with Crippen LogP contribution in [0.4, 0.5) is 0 Å². The molecule has 0 unspecified atom stereocenters. The normalized spacial score (nSPS) is 21.9. The van der Waals surface area contributed by atoms with Crippen LogP contribution in [0, 0.1) is 5.92 Å². The summed E-state index contributed by atoms with van der Waals surface area (Å²) in [7, 11) is 0. The van der Waals surface area contributed by atoms with E-state index in [1.807, 2.05) is 24.3 Å². The molecule has 28 heavy (non-hydrogen) atoms. The maximum Gasteiger partial charge on any atom is 0.307 e. The van der Waals surface area contributed by atoms with E-state index < -0.39 is 5.97 Å². The van der Waals surface area contributed by atoms with Gasteiger partial charge in [-0.25, -0.2) is 0 Å². The molecule has 2 aromatic rings. The van der Waals surface area contributed by atoms with Gasteiger partial charge in [-0.2, -0.15) is 0 Å². The number of carboxylic acids is 1. The minimum absolute atomic E-state index is 0.0520. The van der Waals surface area contributed by atoms with Crippen molar-refractivity contribution in [1.82, 2.24) is 10.2 Å². The third-order valence-corrected chi connectivity index (χ3v) is 5.67. The van der Waals surface area contributed by atoms with Gasteiger partial charge in [-0.1, -0.05) is 42.5 Å². The summed E-state index contributed by atoms with van der Waals surface area (Å²) >= 11 is 0. The molecule has 1 aliphatic heterocycles. The second-order valence-electron chi connectivity index (χ2n) is 7.96. The van der Waals surface area contributed by atoms with E-state index in [1.54, 1.807) is 0 Å². The molecule has 1 aliphatic carbocycles. The zero-order chi connectivity index (χ0) is 19.3. The van der Waals surface area contributed by atoms with Gasteiger partial charge >= 0.3 is 5.97 Å². The van der Waals surface area contributed by atoms with Crippen molar-refractivity contribution < 1.29 is 14.6 Å². The van der Waals surface area contributed by atoms with Gasteiger partial charge in [0.2, 0.25) is 0 Å². The highest BCUT2D eigenvalue weighted by molar-refractivity contribution is 5.70. The first-order chi connectivity index (χ1) is 13.7. The number of nitrogens with one attached hydrogen (secondary N) is 1. The van der Waals surface area contributed by atoms with Gasteiger partial charge in [0.25, 0.3) is 0 Å². The molecule has 0 bridgehead atoms. The summed E-state index contributed by atoms with van der Waals surface area (Å²) in [5.41, 5.74) is 2.26. The number of hydrogen-bond donors (Lipinski definition) is 2. The zero-order valence-corrected chi connectivity index (χ0v) is 16.1. The summed E-state index contributed by atoms with van der Waals surface area (Å²) in [6, 6.07) is 18.8. The molecule has 0 radical (unpaired) electrons. The van der Waals surface area contributed by atoms with E-state index in [2.05, 4.69) is 40.5 Å². The SMILES string of the molecule is O=C(O)Cc1ccc(OCCN2CC(CN[C@H]3C[C@@H]3c3ccccc3)C2)cc1. The third-order valence-electron chi connectivity index (χ3n) is 5.67. The van der Waals surface area contributed by atoms with Crippen LogP contribution < -0.4 is 10.1 Å². The molecule has 1 saturated carbocycles. The van der Waals surface area contributed by atoms with Crippen molar-refractivity contribution in [2.24, 2.45) is 5.92 Å². The summed E-state index contributed by atoms with van der Waals surface area (Å²) in [5.74, 6) is 1.43. The molecule has 1 saturated heterocycles. The topological polar surface area (TPSA) is 61.8 Å². The predicted molar refractivity (Wildman–Crippen MR) is 109 cm³/mol. The summed E-state index contributed by atoms with van der Waals surface area (Å²) in [4.78, 5) is 13.1. The summed E-state index contributed by atoms with van der Waals surface area (Å²) in [5, 5.41) is 12.5. The molecule has 0 spiro atoms. The smallest absolute Gasteiger partial charge is 0.307 e. The van der Waals surface area contributed by atoms with Crippen LogP contribution in [0.15, 0.2) is 54.6 Å². The maximum absolute atomic E-state index is 10.7. The van der Waals surface area contributed by atoms with Gasteiger partial charge in [0.05, 0.1) is 6.42 Å². The fourth-order valence-electron chi connectivity index (χ4n) is 3.97. The van der Waals surface area contributed by atoms with Crippen molar-refractivity contribution in [3.63, 3.8) is 0 Å². The first-order valence-electron chi connectivity index (χ1n) is 10.1.